The summed E-state index contributed by atoms with van der Waals surface area (Å²) in [6, 6.07) is 7.13. The minimum absolute atomic E-state index is 0.0562. The predicted molar refractivity (Wildman–Crippen MR) is 122 cm³/mol. The Bertz CT molecular complexity index is 1260. The molecule has 2 aliphatic rings. The molecule has 11 nitrogen and oxygen atoms in total. The minimum atomic E-state index is -1.01. The number of fused-ring (bicyclic) bond motifs is 1. The smallest absolute Gasteiger partial charge is 0.313 e. The van der Waals surface area contributed by atoms with Crippen LogP contribution >= 0.6 is 0 Å². The van der Waals surface area contributed by atoms with Crippen molar-refractivity contribution in [3.8, 4) is 0 Å². The number of hydrogen-bond acceptors (Lipinski definition) is 7. The van der Waals surface area contributed by atoms with E-state index in [2.05, 4.69) is 20.9 Å². The summed E-state index contributed by atoms with van der Waals surface area (Å²) in [4.78, 5) is 78.2. The van der Waals surface area contributed by atoms with Gasteiger partial charge in [0.1, 0.15) is 6.04 Å². The van der Waals surface area contributed by atoms with E-state index in [-0.39, 0.29) is 30.5 Å². The number of hydrogen-bond donors (Lipinski definition) is 3. The second-order valence-electron chi connectivity index (χ2n) is 8.28. The monoisotopic (exact) mass is 477 g/mol. The fourth-order valence-electron chi connectivity index (χ4n) is 4.04. The van der Waals surface area contributed by atoms with Crippen LogP contribution in [0.5, 0.6) is 0 Å². The minimum Gasteiger partial charge on any atom is -0.348 e. The van der Waals surface area contributed by atoms with Crippen molar-refractivity contribution in [3.63, 3.8) is 0 Å². The van der Waals surface area contributed by atoms with Crippen LogP contribution in [0.15, 0.2) is 36.5 Å². The van der Waals surface area contributed by atoms with Gasteiger partial charge in [-0.1, -0.05) is 6.07 Å². The molecular weight excluding hydrogens is 454 g/mol. The molecule has 180 valence electrons. The number of benzene rings is 1. The largest absolute Gasteiger partial charge is 0.348 e. The van der Waals surface area contributed by atoms with E-state index in [1.165, 1.54) is 0 Å². The number of nitrogens with one attached hydrogen (secondary N) is 3. The number of anilines is 1. The van der Waals surface area contributed by atoms with Gasteiger partial charge in [-0.05, 0) is 56.0 Å². The van der Waals surface area contributed by atoms with E-state index in [1.807, 2.05) is 0 Å². The molecule has 1 saturated heterocycles. The third-order valence-electron chi connectivity index (χ3n) is 5.89. The maximum absolute atomic E-state index is 12.9. The van der Waals surface area contributed by atoms with Crippen molar-refractivity contribution >= 4 is 41.1 Å². The lowest BCUT2D eigenvalue weighted by atomic mass is 10.0. The molecule has 1 aromatic carbocycles. The Hall–Kier alpha value is -4.41. The molecule has 0 spiro atoms. The summed E-state index contributed by atoms with van der Waals surface area (Å²) in [5, 5.41) is 7.22. The second-order valence-corrected chi connectivity index (χ2v) is 8.28. The van der Waals surface area contributed by atoms with E-state index < -0.39 is 41.5 Å². The molecule has 1 unspecified atom stereocenters. The summed E-state index contributed by atoms with van der Waals surface area (Å²) in [6.45, 7) is 1.94. The van der Waals surface area contributed by atoms with Gasteiger partial charge >= 0.3 is 11.8 Å². The lowest BCUT2D eigenvalue weighted by Crippen LogP contribution is -2.54. The standard InChI is InChI=1S/C24H23N5O6/c1-13-17(5-3-10-25-13)27-22(33)21(32)26-11-2-4-14-6-7-15-16(12-14)24(35)29(23(15)34)18-8-9-19(30)28-20(18)31/h3,5-7,10,12,18H,2,4,8-9,11H2,1H3,(H,26,32)(H,27,33)(H,28,30,31). The highest BCUT2D eigenvalue weighted by molar-refractivity contribution is 6.39. The molecule has 2 aromatic rings. The zero-order chi connectivity index (χ0) is 25.1. The summed E-state index contributed by atoms with van der Waals surface area (Å²) in [6.07, 6.45) is 2.71. The Balaban J connectivity index is 1.31. The van der Waals surface area contributed by atoms with Gasteiger partial charge in [0.2, 0.25) is 11.8 Å². The average Bonchev–Trinajstić information content (AvgIpc) is 3.07. The number of nitrogens with zero attached hydrogens (tertiary/aromatic N) is 2. The van der Waals surface area contributed by atoms with Crippen molar-refractivity contribution in [1.82, 2.24) is 20.5 Å². The van der Waals surface area contributed by atoms with Gasteiger partial charge in [-0.3, -0.25) is 44.0 Å². The van der Waals surface area contributed by atoms with Crippen molar-refractivity contribution in [2.45, 2.75) is 38.6 Å². The quantitative estimate of drug-likeness (QED) is 0.310. The lowest BCUT2D eigenvalue weighted by molar-refractivity contribution is -0.136. The first-order valence-corrected chi connectivity index (χ1v) is 11.1. The zero-order valence-corrected chi connectivity index (χ0v) is 18.9. The molecule has 0 saturated carbocycles. The lowest BCUT2D eigenvalue weighted by Gasteiger charge is -2.27. The van der Waals surface area contributed by atoms with Crippen LogP contribution in [0.3, 0.4) is 0 Å². The van der Waals surface area contributed by atoms with Gasteiger partial charge < -0.3 is 10.6 Å². The third kappa shape index (κ3) is 4.93. The van der Waals surface area contributed by atoms with Crippen molar-refractivity contribution < 1.29 is 28.8 Å². The number of carbonyl (C=O) groups is 6. The topological polar surface area (TPSA) is 155 Å². The number of carbonyl (C=O) groups excluding carboxylic acids is 6. The molecule has 35 heavy (non-hydrogen) atoms. The number of rotatable bonds is 6. The SMILES string of the molecule is Cc1ncccc1NC(=O)C(=O)NCCCc1ccc2c(c1)C(=O)N(C1CCC(=O)NC1=O)C2=O. The van der Waals surface area contributed by atoms with E-state index in [0.29, 0.717) is 24.2 Å². The van der Waals surface area contributed by atoms with E-state index in [4.69, 9.17) is 0 Å². The predicted octanol–water partition coefficient (Wildman–Crippen LogP) is 0.479. The Morgan fingerprint density at radius 1 is 1.09 bits per heavy atom. The van der Waals surface area contributed by atoms with Crippen LogP contribution < -0.4 is 16.0 Å². The summed E-state index contributed by atoms with van der Waals surface area (Å²) in [5.41, 5.74) is 2.22. The summed E-state index contributed by atoms with van der Waals surface area (Å²) in [7, 11) is 0. The fraction of sp³-hybridized carbons (Fsp3) is 0.292. The van der Waals surface area contributed by atoms with E-state index >= 15 is 0 Å². The maximum atomic E-state index is 12.9. The van der Waals surface area contributed by atoms with Crippen molar-refractivity contribution in [3.05, 3.63) is 58.9 Å². The molecule has 3 heterocycles. The number of aromatic nitrogens is 1. The number of pyridine rings is 1. The van der Waals surface area contributed by atoms with Gasteiger partial charge in [-0.25, -0.2) is 0 Å². The van der Waals surface area contributed by atoms with Crippen LogP contribution in [-0.2, 0) is 25.6 Å². The van der Waals surface area contributed by atoms with Gasteiger partial charge in [-0.2, -0.15) is 0 Å². The molecular formula is C24H23N5O6. The zero-order valence-electron chi connectivity index (χ0n) is 18.9. The Morgan fingerprint density at radius 3 is 2.60 bits per heavy atom. The highest BCUT2D eigenvalue weighted by Gasteiger charge is 2.44. The molecule has 11 heteroatoms. The van der Waals surface area contributed by atoms with Crippen LogP contribution in [0.25, 0.3) is 0 Å². The summed E-state index contributed by atoms with van der Waals surface area (Å²) in [5.74, 6) is -3.79. The van der Waals surface area contributed by atoms with Gasteiger partial charge in [0.05, 0.1) is 22.5 Å². The molecule has 6 amide bonds. The Kier molecular flexibility index (Phi) is 6.67. The molecule has 1 fully saturated rings. The van der Waals surface area contributed by atoms with E-state index in [1.54, 1.807) is 43.5 Å². The summed E-state index contributed by atoms with van der Waals surface area (Å²) < 4.78 is 0. The highest BCUT2D eigenvalue weighted by atomic mass is 16.2. The molecule has 0 radical (unpaired) electrons. The van der Waals surface area contributed by atoms with Crippen molar-refractivity contribution in [2.75, 3.05) is 11.9 Å². The fourth-order valence-corrected chi connectivity index (χ4v) is 4.04. The molecule has 1 aromatic heterocycles. The van der Waals surface area contributed by atoms with Crippen LogP contribution in [0.2, 0.25) is 0 Å². The average molecular weight is 477 g/mol. The van der Waals surface area contributed by atoms with Gasteiger partial charge in [0.15, 0.2) is 0 Å². The van der Waals surface area contributed by atoms with Crippen LogP contribution in [-0.4, -0.2) is 57.9 Å². The van der Waals surface area contributed by atoms with Crippen molar-refractivity contribution in [1.29, 1.82) is 0 Å². The first-order chi connectivity index (χ1) is 16.8. The molecule has 2 aliphatic heterocycles. The number of aryl methyl sites for hydroxylation is 2. The first-order valence-electron chi connectivity index (χ1n) is 11.1. The number of piperidine rings is 1. The molecule has 0 aliphatic carbocycles. The Labute approximate surface area is 200 Å². The van der Waals surface area contributed by atoms with Crippen LogP contribution in [0.1, 0.15) is 51.2 Å². The number of imide groups is 2. The second kappa shape index (κ2) is 9.84. The van der Waals surface area contributed by atoms with Gasteiger partial charge in [0, 0.05) is 19.2 Å². The van der Waals surface area contributed by atoms with Crippen molar-refractivity contribution in [2.24, 2.45) is 0 Å². The molecule has 3 N–H and O–H groups in total. The first kappa shape index (κ1) is 23.7. The summed E-state index contributed by atoms with van der Waals surface area (Å²) >= 11 is 0. The van der Waals surface area contributed by atoms with Crippen LogP contribution in [0, 0.1) is 6.92 Å². The number of amides is 6. The van der Waals surface area contributed by atoms with E-state index in [9.17, 15) is 28.8 Å². The maximum Gasteiger partial charge on any atom is 0.313 e. The Morgan fingerprint density at radius 2 is 1.86 bits per heavy atom. The molecule has 1 atom stereocenters. The molecule has 0 bridgehead atoms. The molecule has 4 rings (SSSR count). The van der Waals surface area contributed by atoms with E-state index in [0.717, 1.165) is 10.5 Å². The van der Waals surface area contributed by atoms with Gasteiger partial charge in [0.25, 0.3) is 11.8 Å². The van der Waals surface area contributed by atoms with Gasteiger partial charge in [-0.15, -0.1) is 0 Å². The van der Waals surface area contributed by atoms with Crippen LogP contribution in [0.4, 0.5) is 5.69 Å². The normalized spacial score (nSPS) is 17.2. The third-order valence-corrected chi connectivity index (χ3v) is 5.89. The highest BCUT2D eigenvalue weighted by Crippen LogP contribution is 2.28.